The molecule has 0 aliphatic carbocycles. The largest absolute Gasteiger partial charge is 0.343 e. The molecular weight excluding hydrogens is 238 g/mol. The summed E-state index contributed by atoms with van der Waals surface area (Å²) in [4.78, 5) is 0. The molecule has 1 aromatic carbocycles. The highest BCUT2D eigenvalue weighted by Crippen LogP contribution is 2.28. The lowest BCUT2D eigenvalue weighted by Gasteiger charge is -2.00. The number of aromatic nitrogens is 1. The first-order valence-corrected chi connectivity index (χ1v) is 5.38. The Morgan fingerprint density at radius 3 is 3.00 bits per heavy atom. The van der Waals surface area contributed by atoms with E-state index in [-0.39, 0.29) is 0 Å². The topological polar surface area (TPSA) is 4.93 Å². The van der Waals surface area contributed by atoms with Crippen LogP contribution in [0, 0.1) is 6.92 Å². The molecule has 0 amide bonds. The third kappa shape index (κ3) is 1.40. The van der Waals surface area contributed by atoms with Crippen LogP contribution in [-0.4, -0.2) is 4.57 Å². The van der Waals surface area contributed by atoms with Gasteiger partial charge in [-0.3, -0.25) is 0 Å². The number of aryl methyl sites for hydroxylation is 1. The minimum Gasteiger partial charge on any atom is -0.343 e. The van der Waals surface area contributed by atoms with Gasteiger partial charge in [-0.25, -0.2) is 0 Å². The van der Waals surface area contributed by atoms with Gasteiger partial charge in [0.1, 0.15) is 0 Å². The molecule has 0 saturated carbocycles. The summed E-state index contributed by atoms with van der Waals surface area (Å²) >= 11 is 3.57. The van der Waals surface area contributed by atoms with E-state index in [0.29, 0.717) is 0 Å². The van der Waals surface area contributed by atoms with Crippen LogP contribution in [0.5, 0.6) is 0 Å². The van der Waals surface area contributed by atoms with Gasteiger partial charge in [-0.05, 0) is 24.6 Å². The molecule has 0 aliphatic heterocycles. The Kier molecular flexibility index (Phi) is 2.46. The maximum absolute atomic E-state index is 3.76. The highest BCUT2D eigenvalue weighted by atomic mass is 79.9. The van der Waals surface area contributed by atoms with Crippen LogP contribution in [0.3, 0.4) is 0 Å². The molecule has 2 rings (SSSR count). The van der Waals surface area contributed by atoms with E-state index in [2.05, 4.69) is 58.4 Å². The molecule has 0 bridgehead atoms. The minimum absolute atomic E-state index is 0.862. The van der Waals surface area contributed by atoms with E-state index < -0.39 is 0 Å². The average molecular weight is 250 g/mol. The normalized spacial score (nSPS) is 10.7. The molecule has 2 aromatic rings. The molecule has 1 aromatic heterocycles. The lowest BCUT2D eigenvalue weighted by molar-refractivity contribution is 0.862. The quantitative estimate of drug-likeness (QED) is 0.712. The molecule has 0 aliphatic rings. The van der Waals surface area contributed by atoms with Crippen LogP contribution in [0.2, 0.25) is 0 Å². The molecule has 72 valence electrons. The molecule has 0 radical (unpaired) electrons. The molecule has 14 heavy (non-hydrogen) atoms. The highest BCUT2D eigenvalue weighted by Gasteiger charge is 2.06. The van der Waals surface area contributed by atoms with Crippen molar-refractivity contribution in [1.82, 2.24) is 4.57 Å². The fraction of sp³-hybridized carbons (Fsp3) is 0.167. The Morgan fingerprint density at radius 1 is 1.50 bits per heavy atom. The first kappa shape index (κ1) is 9.53. The Hall–Kier alpha value is -1.02. The SMILES string of the molecule is C=CCn1cc(C)c2c(Br)cccc21. The van der Waals surface area contributed by atoms with E-state index in [9.17, 15) is 0 Å². The number of rotatable bonds is 2. The Balaban J connectivity index is 2.77. The number of benzene rings is 1. The van der Waals surface area contributed by atoms with E-state index in [1.165, 1.54) is 16.5 Å². The molecule has 0 N–H and O–H groups in total. The van der Waals surface area contributed by atoms with Gasteiger partial charge in [-0.1, -0.05) is 28.1 Å². The second kappa shape index (κ2) is 3.62. The number of hydrogen-bond donors (Lipinski definition) is 0. The summed E-state index contributed by atoms with van der Waals surface area (Å²) in [5, 5.41) is 1.30. The second-order valence-corrected chi connectivity index (χ2v) is 4.24. The van der Waals surface area contributed by atoms with Gasteiger partial charge in [0.05, 0.1) is 0 Å². The maximum atomic E-state index is 3.76. The van der Waals surface area contributed by atoms with Crippen molar-refractivity contribution in [3.05, 3.63) is 47.1 Å². The van der Waals surface area contributed by atoms with Crippen molar-refractivity contribution in [2.24, 2.45) is 0 Å². The van der Waals surface area contributed by atoms with Crippen LogP contribution >= 0.6 is 15.9 Å². The minimum atomic E-state index is 0.862. The second-order valence-electron chi connectivity index (χ2n) is 3.39. The Bertz CT molecular complexity index is 482. The lowest BCUT2D eigenvalue weighted by Crippen LogP contribution is -1.91. The maximum Gasteiger partial charge on any atom is 0.0497 e. The van der Waals surface area contributed by atoms with Crippen LogP contribution in [0.4, 0.5) is 0 Å². The van der Waals surface area contributed by atoms with Gasteiger partial charge in [0.2, 0.25) is 0 Å². The van der Waals surface area contributed by atoms with Crippen molar-refractivity contribution in [2.45, 2.75) is 13.5 Å². The first-order chi connectivity index (χ1) is 6.74. The summed E-state index contributed by atoms with van der Waals surface area (Å²) in [5.41, 5.74) is 2.56. The summed E-state index contributed by atoms with van der Waals surface area (Å²) < 4.78 is 3.37. The van der Waals surface area contributed by atoms with Gasteiger partial charge in [-0.15, -0.1) is 6.58 Å². The lowest BCUT2D eigenvalue weighted by atomic mass is 10.2. The third-order valence-electron chi connectivity index (χ3n) is 2.37. The number of fused-ring (bicyclic) bond motifs is 1. The van der Waals surface area contributed by atoms with Gasteiger partial charge in [-0.2, -0.15) is 0 Å². The molecule has 0 saturated heterocycles. The summed E-state index contributed by atoms with van der Waals surface area (Å²) in [6.07, 6.45) is 4.08. The smallest absolute Gasteiger partial charge is 0.0497 e. The monoisotopic (exact) mass is 249 g/mol. The Morgan fingerprint density at radius 2 is 2.29 bits per heavy atom. The van der Waals surface area contributed by atoms with Crippen LogP contribution in [0.1, 0.15) is 5.56 Å². The Labute approximate surface area is 92.2 Å². The molecule has 0 fully saturated rings. The predicted molar refractivity (Wildman–Crippen MR) is 64.6 cm³/mol. The van der Waals surface area contributed by atoms with Gasteiger partial charge in [0, 0.05) is 28.1 Å². The van der Waals surface area contributed by atoms with Gasteiger partial charge >= 0.3 is 0 Å². The van der Waals surface area contributed by atoms with Gasteiger partial charge in [0.25, 0.3) is 0 Å². The average Bonchev–Trinajstić information content (AvgIpc) is 2.46. The fourth-order valence-electron chi connectivity index (χ4n) is 1.80. The molecule has 1 heterocycles. The summed E-state index contributed by atoms with van der Waals surface area (Å²) in [6.45, 7) is 6.76. The van der Waals surface area contributed by atoms with E-state index in [4.69, 9.17) is 0 Å². The van der Waals surface area contributed by atoms with Crippen molar-refractivity contribution >= 4 is 26.8 Å². The van der Waals surface area contributed by atoms with E-state index in [1.807, 2.05) is 6.08 Å². The van der Waals surface area contributed by atoms with Crippen molar-refractivity contribution in [3.8, 4) is 0 Å². The van der Waals surface area contributed by atoms with Crippen molar-refractivity contribution in [2.75, 3.05) is 0 Å². The zero-order valence-electron chi connectivity index (χ0n) is 8.13. The van der Waals surface area contributed by atoms with E-state index in [1.54, 1.807) is 0 Å². The molecule has 2 heteroatoms. The molecule has 1 nitrogen and oxygen atoms in total. The van der Waals surface area contributed by atoms with Crippen LogP contribution in [0.15, 0.2) is 41.5 Å². The van der Waals surface area contributed by atoms with E-state index >= 15 is 0 Å². The first-order valence-electron chi connectivity index (χ1n) is 4.59. The third-order valence-corrected chi connectivity index (χ3v) is 3.03. The van der Waals surface area contributed by atoms with Gasteiger partial charge in [0.15, 0.2) is 0 Å². The van der Waals surface area contributed by atoms with Crippen molar-refractivity contribution < 1.29 is 0 Å². The van der Waals surface area contributed by atoms with Crippen molar-refractivity contribution in [3.63, 3.8) is 0 Å². The number of nitrogens with zero attached hydrogens (tertiary/aromatic N) is 1. The van der Waals surface area contributed by atoms with Crippen molar-refractivity contribution in [1.29, 1.82) is 0 Å². The fourth-order valence-corrected chi connectivity index (χ4v) is 2.47. The summed E-state index contributed by atoms with van der Waals surface area (Å²) in [6, 6.07) is 6.27. The highest BCUT2D eigenvalue weighted by molar-refractivity contribution is 9.10. The summed E-state index contributed by atoms with van der Waals surface area (Å²) in [5.74, 6) is 0. The molecular formula is C12H12BrN. The molecule has 0 spiro atoms. The van der Waals surface area contributed by atoms with Gasteiger partial charge < -0.3 is 4.57 Å². The van der Waals surface area contributed by atoms with Crippen LogP contribution in [-0.2, 0) is 6.54 Å². The standard InChI is InChI=1S/C12H12BrN/c1-3-7-14-8-9(2)12-10(13)5-4-6-11(12)14/h3-6,8H,1,7H2,2H3. The molecule has 0 atom stereocenters. The van der Waals surface area contributed by atoms with E-state index in [0.717, 1.165) is 11.0 Å². The number of allylic oxidation sites excluding steroid dienone is 1. The van der Waals surface area contributed by atoms with Crippen LogP contribution in [0.25, 0.3) is 10.9 Å². The predicted octanol–water partition coefficient (Wildman–Crippen LogP) is 3.90. The number of halogens is 1. The summed E-state index contributed by atoms with van der Waals surface area (Å²) in [7, 11) is 0. The molecule has 0 unspecified atom stereocenters. The zero-order chi connectivity index (χ0) is 10.1. The van der Waals surface area contributed by atoms with Crippen LogP contribution < -0.4 is 0 Å². The zero-order valence-corrected chi connectivity index (χ0v) is 9.71. The number of hydrogen-bond acceptors (Lipinski definition) is 0.